The smallest absolute Gasteiger partial charge is 0.276 e. The van der Waals surface area contributed by atoms with Crippen molar-refractivity contribution in [3.63, 3.8) is 0 Å². The molecule has 0 bridgehead atoms. The van der Waals surface area contributed by atoms with E-state index in [2.05, 4.69) is 31.2 Å². The van der Waals surface area contributed by atoms with Crippen LogP contribution in [0.1, 0.15) is 39.3 Å². The van der Waals surface area contributed by atoms with Crippen molar-refractivity contribution in [3.8, 4) is 0 Å². The first kappa shape index (κ1) is 15.8. The van der Waals surface area contributed by atoms with E-state index in [0.29, 0.717) is 18.1 Å². The van der Waals surface area contributed by atoms with Crippen LogP contribution in [-0.4, -0.2) is 26.8 Å². The van der Waals surface area contributed by atoms with Crippen LogP contribution in [0.4, 0.5) is 0 Å². The molecule has 0 saturated heterocycles. The fourth-order valence-corrected chi connectivity index (χ4v) is 2.44. The second-order valence-corrected chi connectivity index (χ2v) is 6.24. The van der Waals surface area contributed by atoms with Crippen LogP contribution < -0.4 is 10.9 Å². The van der Waals surface area contributed by atoms with Crippen LogP contribution in [0, 0.1) is 12.8 Å². The Hall–Kier alpha value is -1.62. The number of hydrogen-bond donors (Lipinski definition) is 1. The third-order valence-corrected chi connectivity index (χ3v) is 3.75. The molecule has 2 aromatic rings. The third-order valence-electron chi connectivity index (χ3n) is 3.75. The Bertz CT molecular complexity index is 641. The van der Waals surface area contributed by atoms with E-state index in [1.54, 1.807) is 9.08 Å². The minimum atomic E-state index is 0.0229. The van der Waals surface area contributed by atoms with Crippen molar-refractivity contribution in [1.29, 1.82) is 0 Å². The van der Waals surface area contributed by atoms with Gasteiger partial charge in [0.05, 0.1) is 5.69 Å². The molecule has 0 fully saturated rings. The van der Waals surface area contributed by atoms with Crippen molar-refractivity contribution in [2.75, 3.05) is 6.54 Å². The zero-order chi connectivity index (χ0) is 15.4. The van der Waals surface area contributed by atoms with Crippen LogP contribution >= 0.6 is 0 Å². The first-order valence-corrected chi connectivity index (χ1v) is 7.76. The molecule has 0 saturated carbocycles. The lowest BCUT2D eigenvalue weighted by atomic mass is 10.0. The van der Waals surface area contributed by atoms with Crippen molar-refractivity contribution < 1.29 is 0 Å². The molecule has 0 aliphatic carbocycles. The Labute approximate surface area is 126 Å². The topological polar surface area (TPSA) is 51.3 Å². The highest BCUT2D eigenvalue weighted by atomic mass is 16.1. The summed E-state index contributed by atoms with van der Waals surface area (Å²) < 4.78 is 3.39. The Balaban J connectivity index is 1.92. The summed E-state index contributed by atoms with van der Waals surface area (Å²) in [7, 11) is 0. The second-order valence-electron chi connectivity index (χ2n) is 6.24. The quantitative estimate of drug-likeness (QED) is 0.850. The van der Waals surface area contributed by atoms with E-state index in [1.165, 1.54) is 12.8 Å². The van der Waals surface area contributed by atoms with Crippen molar-refractivity contribution in [2.24, 2.45) is 5.92 Å². The molecule has 0 spiro atoms. The zero-order valence-corrected chi connectivity index (χ0v) is 13.5. The Morgan fingerprint density at radius 2 is 2.00 bits per heavy atom. The Morgan fingerprint density at radius 1 is 1.24 bits per heavy atom. The lowest BCUT2D eigenvalue weighted by Gasteiger charge is -2.15. The SMILES string of the molecule is Cc1cc2c(=O)n(CCNC(C)CCC(C)C)ccn2n1. The molecule has 0 amide bonds. The molecule has 0 aliphatic rings. The number of rotatable bonds is 7. The fourth-order valence-electron chi connectivity index (χ4n) is 2.44. The van der Waals surface area contributed by atoms with Crippen LogP contribution in [0.2, 0.25) is 0 Å². The first-order chi connectivity index (χ1) is 9.97. The molecule has 2 aromatic heterocycles. The molecule has 2 rings (SSSR count). The Morgan fingerprint density at radius 3 is 2.71 bits per heavy atom. The van der Waals surface area contributed by atoms with E-state index in [-0.39, 0.29) is 5.56 Å². The van der Waals surface area contributed by atoms with Gasteiger partial charge in [0.25, 0.3) is 5.56 Å². The number of hydrogen-bond acceptors (Lipinski definition) is 3. The van der Waals surface area contributed by atoms with Crippen LogP contribution in [0.5, 0.6) is 0 Å². The molecule has 0 aromatic carbocycles. The molecule has 5 nitrogen and oxygen atoms in total. The predicted octanol–water partition coefficient (Wildman–Crippen LogP) is 2.22. The summed E-state index contributed by atoms with van der Waals surface area (Å²) in [6.45, 7) is 10.1. The average molecular weight is 290 g/mol. The van der Waals surface area contributed by atoms with E-state index in [4.69, 9.17) is 0 Å². The number of nitrogens with one attached hydrogen (secondary N) is 1. The lowest BCUT2D eigenvalue weighted by molar-refractivity contribution is 0.439. The van der Waals surface area contributed by atoms with Crippen molar-refractivity contribution >= 4 is 5.52 Å². The van der Waals surface area contributed by atoms with Crippen molar-refractivity contribution in [2.45, 2.75) is 53.1 Å². The largest absolute Gasteiger partial charge is 0.312 e. The van der Waals surface area contributed by atoms with Crippen LogP contribution in [0.25, 0.3) is 5.52 Å². The highest BCUT2D eigenvalue weighted by Gasteiger charge is 2.06. The van der Waals surface area contributed by atoms with Crippen molar-refractivity contribution in [3.05, 3.63) is 34.5 Å². The lowest BCUT2D eigenvalue weighted by Crippen LogP contribution is -2.32. The third kappa shape index (κ3) is 4.17. The van der Waals surface area contributed by atoms with Gasteiger partial charge < -0.3 is 9.88 Å². The predicted molar refractivity (Wildman–Crippen MR) is 85.7 cm³/mol. The maximum absolute atomic E-state index is 12.3. The van der Waals surface area contributed by atoms with E-state index < -0.39 is 0 Å². The summed E-state index contributed by atoms with van der Waals surface area (Å²) in [6.07, 6.45) is 6.05. The molecule has 0 radical (unpaired) electrons. The molecule has 1 N–H and O–H groups in total. The van der Waals surface area contributed by atoms with Gasteiger partial charge >= 0.3 is 0 Å². The molecular formula is C16H26N4O. The molecule has 1 atom stereocenters. The summed E-state index contributed by atoms with van der Waals surface area (Å²) in [4.78, 5) is 12.3. The monoisotopic (exact) mass is 290 g/mol. The first-order valence-electron chi connectivity index (χ1n) is 7.76. The molecule has 1 unspecified atom stereocenters. The van der Waals surface area contributed by atoms with Gasteiger partial charge in [0.2, 0.25) is 0 Å². The van der Waals surface area contributed by atoms with Crippen LogP contribution in [0.3, 0.4) is 0 Å². The van der Waals surface area contributed by atoms with Gasteiger partial charge in [0.15, 0.2) is 0 Å². The standard InChI is InChI=1S/C16H26N4O/c1-12(2)5-6-13(3)17-7-8-19-9-10-20-15(16(19)21)11-14(4)18-20/h9-13,17H,5-8H2,1-4H3. The van der Waals surface area contributed by atoms with Gasteiger partial charge in [-0.1, -0.05) is 13.8 Å². The van der Waals surface area contributed by atoms with Gasteiger partial charge in [-0.2, -0.15) is 5.10 Å². The summed E-state index contributed by atoms with van der Waals surface area (Å²) in [5.41, 5.74) is 1.53. The molecular weight excluding hydrogens is 264 g/mol. The molecule has 116 valence electrons. The number of aryl methyl sites for hydroxylation is 1. The summed E-state index contributed by atoms with van der Waals surface area (Å²) >= 11 is 0. The van der Waals surface area contributed by atoms with Gasteiger partial charge in [-0.25, -0.2) is 4.52 Å². The van der Waals surface area contributed by atoms with Gasteiger partial charge in [-0.3, -0.25) is 4.79 Å². The van der Waals surface area contributed by atoms with E-state index >= 15 is 0 Å². The van der Waals surface area contributed by atoms with E-state index in [0.717, 1.165) is 18.2 Å². The maximum atomic E-state index is 12.3. The van der Waals surface area contributed by atoms with Gasteiger partial charge in [-0.15, -0.1) is 0 Å². The van der Waals surface area contributed by atoms with Gasteiger partial charge in [0.1, 0.15) is 5.52 Å². The summed E-state index contributed by atoms with van der Waals surface area (Å²) in [6, 6.07) is 2.32. The van der Waals surface area contributed by atoms with Gasteiger partial charge in [0, 0.05) is 31.5 Å². The maximum Gasteiger partial charge on any atom is 0.276 e. The van der Waals surface area contributed by atoms with E-state index in [9.17, 15) is 4.79 Å². The fraction of sp³-hybridized carbons (Fsp3) is 0.625. The zero-order valence-electron chi connectivity index (χ0n) is 13.5. The molecule has 0 aliphatic heterocycles. The summed E-state index contributed by atoms with van der Waals surface area (Å²) in [5, 5.41) is 7.74. The summed E-state index contributed by atoms with van der Waals surface area (Å²) in [5.74, 6) is 0.740. The highest BCUT2D eigenvalue weighted by molar-refractivity contribution is 5.44. The van der Waals surface area contributed by atoms with Gasteiger partial charge in [-0.05, 0) is 38.7 Å². The van der Waals surface area contributed by atoms with Crippen molar-refractivity contribution in [1.82, 2.24) is 19.5 Å². The number of fused-ring (bicyclic) bond motifs is 1. The highest BCUT2D eigenvalue weighted by Crippen LogP contribution is 2.06. The number of aromatic nitrogens is 3. The minimum absolute atomic E-state index is 0.0229. The van der Waals surface area contributed by atoms with Crippen LogP contribution in [0.15, 0.2) is 23.3 Å². The minimum Gasteiger partial charge on any atom is -0.312 e. The molecule has 2 heterocycles. The average Bonchev–Trinajstić information content (AvgIpc) is 2.80. The normalized spacial score (nSPS) is 13.2. The molecule has 5 heteroatoms. The van der Waals surface area contributed by atoms with Crippen LogP contribution in [-0.2, 0) is 6.54 Å². The molecule has 21 heavy (non-hydrogen) atoms. The Kier molecular flexibility index (Phi) is 5.17. The number of nitrogens with zero attached hydrogens (tertiary/aromatic N) is 3. The van der Waals surface area contributed by atoms with E-state index in [1.807, 2.05) is 25.4 Å². The second kappa shape index (κ2) is 6.89.